The molecule has 0 radical (unpaired) electrons. The average molecular weight is 663 g/mol. The van der Waals surface area contributed by atoms with Gasteiger partial charge in [-0.3, -0.25) is 24.0 Å². The van der Waals surface area contributed by atoms with Gasteiger partial charge in [0.15, 0.2) is 18.0 Å². The number of rotatable bonds is 10. The van der Waals surface area contributed by atoms with Crippen LogP contribution < -0.4 is 19.8 Å². The fourth-order valence-electron chi connectivity index (χ4n) is 5.49. The lowest BCUT2D eigenvalue weighted by atomic mass is 9.89. The van der Waals surface area contributed by atoms with Gasteiger partial charge < -0.3 is 42.3 Å². The van der Waals surface area contributed by atoms with Gasteiger partial charge in [-0.05, 0) is 43.7 Å². The van der Waals surface area contributed by atoms with Gasteiger partial charge in [0.1, 0.15) is 24.0 Å². The lowest BCUT2D eigenvalue weighted by Gasteiger charge is -2.43. The van der Waals surface area contributed by atoms with Gasteiger partial charge in [0, 0.05) is 40.7 Å². The van der Waals surface area contributed by atoms with Crippen molar-refractivity contribution in [3.05, 3.63) is 28.6 Å². The summed E-state index contributed by atoms with van der Waals surface area (Å²) in [5, 5.41) is 0.313. The summed E-state index contributed by atoms with van der Waals surface area (Å²) in [6, 6.07) is 4.34. The number of hydrogen-bond acceptors (Lipinski definition) is 15. The van der Waals surface area contributed by atoms with Gasteiger partial charge in [-0.1, -0.05) is 6.92 Å². The predicted octanol–water partition coefficient (Wildman–Crippen LogP) is 3.14. The first kappa shape index (κ1) is 35.2. The standard InChI is InChI=1S/C32H38O15/c1-15-7-9-21(10-8-15)44-26-23-12-11-22(13-24(23)46-31(38)29(26)42-19(5)36)45-32-30(43-20(6)37)28(41-18(4)35)27(40-17(3)34)25(47-32)14-39-16(2)33/h11-13,15,21,25,27-28,30,32H,7-10,14H2,1-6H3/t15-,21+,25-,27-,28+,30-,32-/m1/s1. The number of carbonyl (C=O) groups is 5. The molecule has 1 saturated heterocycles. The fraction of sp³-hybridized carbons (Fsp3) is 0.562. The predicted molar refractivity (Wildman–Crippen MR) is 158 cm³/mol. The van der Waals surface area contributed by atoms with Crippen LogP contribution in [0.4, 0.5) is 0 Å². The summed E-state index contributed by atoms with van der Waals surface area (Å²) in [4.78, 5) is 72.7. The van der Waals surface area contributed by atoms with E-state index >= 15 is 0 Å². The molecule has 2 fully saturated rings. The minimum Gasteiger partial charge on any atom is -0.485 e. The van der Waals surface area contributed by atoms with E-state index in [1.807, 2.05) is 0 Å². The van der Waals surface area contributed by atoms with Crippen LogP contribution in [-0.2, 0) is 47.7 Å². The second kappa shape index (κ2) is 15.3. The van der Waals surface area contributed by atoms with Gasteiger partial charge in [0.25, 0.3) is 5.75 Å². The summed E-state index contributed by atoms with van der Waals surface area (Å²) in [5.41, 5.74) is -0.954. The van der Waals surface area contributed by atoms with Crippen molar-refractivity contribution >= 4 is 40.8 Å². The summed E-state index contributed by atoms with van der Waals surface area (Å²) in [7, 11) is 0. The summed E-state index contributed by atoms with van der Waals surface area (Å²) in [6.45, 7) is 7.34. The Morgan fingerprint density at radius 1 is 0.745 bits per heavy atom. The van der Waals surface area contributed by atoms with Gasteiger partial charge in [-0.2, -0.15) is 0 Å². The Labute approximate surface area is 269 Å². The first-order valence-corrected chi connectivity index (χ1v) is 15.1. The molecule has 5 atom stereocenters. The van der Waals surface area contributed by atoms with Gasteiger partial charge in [-0.15, -0.1) is 0 Å². The van der Waals surface area contributed by atoms with Crippen LogP contribution in [0.3, 0.4) is 0 Å². The summed E-state index contributed by atoms with van der Waals surface area (Å²) in [6.07, 6.45) is -3.90. The summed E-state index contributed by atoms with van der Waals surface area (Å²) in [5.74, 6) is -3.53. The first-order valence-electron chi connectivity index (χ1n) is 15.1. The Morgan fingerprint density at radius 2 is 1.36 bits per heavy atom. The highest BCUT2D eigenvalue weighted by Crippen LogP contribution is 2.39. The lowest BCUT2D eigenvalue weighted by molar-refractivity contribution is -0.288. The average Bonchev–Trinajstić information content (AvgIpc) is 2.97. The molecular weight excluding hydrogens is 624 g/mol. The van der Waals surface area contributed by atoms with Gasteiger partial charge in [0.2, 0.25) is 12.4 Å². The molecule has 1 aliphatic carbocycles. The largest absolute Gasteiger partial charge is 0.485 e. The molecule has 0 N–H and O–H groups in total. The van der Waals surface area contributed by atoms with Crippen LogP contribution in [0.1, 0.15) is 67.2 Å². The van der Waals surface area contributed by atoms with Crippen LogP contribution in [0.15, 0.2) is 27.4 Å². The maximum atomic E-state index is 13.0. The first-order chi connectivity index (χ1) is 22.2. The highest BCUT2D eigenvalue weighted by atomic mass is 16.7. The number of fused-ring (bicyclic) bond motifs is 1. The Bertz CT molecular complexity index is 1550. The molecule has 47 heavy (non-hydrogen) atoms. The molecule has 2 aliphatic rings. The zero-order chi connectivity index (χ0) is 34.4. The second-order valence-corrected chi connectivity index (χ2v) is 11.5. The number of ether oxygens (including phenoxy) is 8. The number of hydrogen-bond donors (Lipinski definition) is 0. The molecule has 256 valence electrons. The minimum absolute atomic E-state index is 0.00761. The Hall–Kier alpha value is -4.66. The zero-order valence-corrected chi connectivity index (χ0v) is 26.9. The molecule has 1 aliphatic heterocycles. The Balaban J connectivity index is 1.73. The van der Waals surface area contributed by atoms with E-state index in [9.17, 15) is 28.8 Å². The molecule has 2 heterocycles. The SMILES string of the molecule is CC(=O)OC[C@H]1O[C@@H](Oc2ccc3c(O[C@H]4CC[C@@H](C)CC4)c(OC(C)=O)c(=O)oc3c2)[C@H](OC(C)=O)[C@@H](OC(C)=O)[C@@H]1OC(C)=O. The normalized spacial score (nSPS) is 25.6. The third-order valence-corrected chi connectivity index (χ3v) is 7.49. The van der Waals surface area contributed by atoms with Crippen LogP contribution in [0.25, 0.3) is 11.0 Å². The van der Waals surface area contributed by atoms with Crippen molar-refractivity contribution in [1.82, 2.24) is 0 Å². The van der Waals surface area contributed by atoms with Gasteiger partial charge >= 0.3 is 35.5 Å². The molecule has 1 aromatic carbocycles. The van der Waals surface area contributed by atoms with Crippen molar-refractivity contribution < 1.29 is 66.3 Å². The van der Waals surface area contributed by atoms with Crippen molar-refractivity contribution in [2.45, 2.75) is 104 Å². The van der Waals surface area contributed by atoms with E-state index in [-0.39, 0.29) is 28.9 Å². The molecule has 4 rings (SSSR count). The van der Waals surface area contributed by atoms with Gasteiger partial charge in [0.05, 0.1) is 11.5 Å². The number of benzene rings is 1. The molecule has 0 spiro atoms. The van der Waals surface area contributed by atoms with E-state index in [0.717, 1.165) is 60.3 Å². The highest BCUT2D eigenvalue weighted by molar-refractivity contribution is 5.87. The van der Waals surface area contributed by atoms with E-state index in [1.165, 1.54) is 18.2 Å². The van der Waals surface area contributed by atoms with Crippen molar-refractivity contribution in [2.24, 2.45) is 5.92 Å². The summed E-state index contributed by atoms with van der Waals surface area (Å²) >= 11 is 0. The third kappa shape index (κ3) is 9.21. The topological polar surface area (TPSA) is 189 Å². The van der Waals surface area contributed by atoms with E-state index in [0.29, 0.717) is 11.3 Å². The van der Waals surface area contributed by atoms with E-state index in [2.05, 4.69) is 6.92 Å². The highest BCUT2D eigenvalue weighted by Gasteiger charge is 2.53. The molecule has 15 nitrogen and oxygen atoms in total. The molecule has 1 saturated carbocycles. The lowest BCUT2D eigenvalue weighted by Crippen LogP contribution is -2.63. The molecule has 15 heteroatoms. The van der Waals surface area contributed by atoms with Crippen molar-refractivity contribution in [3.63, 3.8) is 0 Å². The molecule has 2 aromatic rings. The Kier molecular flexibility index (Phi) is 11.4. The van der Waals surface area contributed by atoms with Crippen molar-refractivity contribution in [1.29, 1.82) is 0 Å². The number of esters is 5. The van der Waals surface area contributed by atoms with E-state index < -0.39 is 72.8 Å². The van der Waals surface area contributed by atoms with Gasteiger partial charge in [-0.25, -0.2) is 4.79 Å². The van der Waals surface area contributed by atoms with Crippen LogP contribution in [0, 0.1) is 5.92 Å². The molecular formula is C32H38O15. The van der Waals surface area contributed by atoms with Crippen LogP contribution in [0.5, 0.6) is 17.2 Å². The second-order valence-electron chi connectivity index (χ2n) is 11.5. The molecule has 1 aromatic heterocycles. The van der Waals surface area contributed by atoms with Crippen molar-refractivity contribution in [3.8, 4) is 17.2 Å². The maximum Gasteiger partial charge on any atom is 0.383 e. The quantitative estimate of drug-likeness (QED) is 0.205. The van der Waals surface area contributed by atoms with Crippen molar-refractivity contribution in [2.75, 3.05) is 6.61 Å². The maximum absolute atomic E-state index is 13.0. The fourth-order valence-corrected chi connectivity index (χ4v) is 5.49. The summed E-state index contributed by atoms with van der Waals surface area (Å²) < 4.78 is 50.3. The number of carbonyl (C=O) groups excluding carboxylic acids is 5. The third-order valence-electron chi connectivity index (χ3n) is 7.49. The molecule has 0 bridgehead atoms. The van der Waals surface area contributed by atoms with E-state index in [1.54, 1.807) is 0 Å². The van der Waals surface area contributed by atoms with Crippen LogP contribution in [-0.4, -0.2) is 73.3 Å². The van der Waals surface area contributed by atoms with Crippen LogP contribution >= 0.6 is 0 Å². The molecule has 0 unspecified atom stereocenters. The van der Waals surface area contributed by atoms with E-state index in [4.69, 9.17) is 42.3 Å². The zero-order valence-electron chi connectivity index (χ0n) is 26.9. The Morgan fingerprint density at radius 3 is 1.96 bits per heavy atom. The minimum atomic E-state index is -1.51. The molecule has 0 amide bonds. The smallest absolute Gasteiger partial charge is 0.383 e. The monoisotopic (exact) mass is 662 g/mol. The van der Waals surface area contributed by atoms with Crippen LogP contribution in [0.2, 0.25) is 0 Å².